The van der Waals surface area contributed by atoms with Crippen LogP contribution in [-0.4, -0.2) is 37.5 Å². The van der Waals surface area contributed by atoms with E-state index >= 15 is 0 Å². The van der Waals surface area contributed by atoms with Gasteiger partial charge in [-0.3, -0.25) is 14.3 Å². The van der Waals surface area contributed by atoms with Crippen molar-refractivity contribution in [3.8, 4) is 0 Å². The second-order valence-corrected chi connectivity index (χ2v) is 10.8. The SMILES string of the molecule is CC(C)n1c(=O)sc2cc(S(=O)(=O)NCCCN3CCc4ccccc4C3)ccc21. The Balaban J connectivity index is 1.36. The second kappa shape index (κ2) is 8.63. The fourth-order valence-electron chi connectivity index (χ4n) is 4.01. The molecule has 0 amide bonds. The van der Waals surface area contributed by atoms with E-state index in [2.05, 4.69) is 33.9 Å². The van der Waals surface area contributed by atoms with Gasteiger partial charge in [0.15, 0.2) is 0 Å². The lowest BCUT2D eigenvalue weighted by Gasteiger charge is -2.28. The molecule has 6 nitrogen and oxygen atoms in total. The fraction of sp³-hybridized carbons (Fsp3) is 0.409. The van der Waals surface area contributed by atoms with Crippen molar-refractivity contribution < 1.29 is 8.42 Å². The average Bonchev–Trinajstić information content (AvgIpc) is 3.06. The van der Waals surface area contributed by atoms with Crippen molar-refractivity contribution in [2.75, 3.05) is 19.6 Å². The van der Waals surface area contributed by atoms with Crippen molar-refractivity contribution in [2.24, 2.45) is 0 Å². The Kier molecular flexibility index (Phi) is 6.11. The molecule has 0 unspecified atom stereocenters. The molecule has 0 bridgehead atoms. The molecule has 0 spiro atoms. The highest BCUT2D eigenvalue weighted by Gasteiger charge is 2.18. The highest BCUT2D eigenvalue weighted by molar-refractivity contribution is 7.89. The molecule has 0 aliphatic carbocycles. The largest absolute Gasteiger partial charge is 0.308 e. The molecule has 8 heteroatoms. The van der Waals surface area contributed by atoms with Crippen LogP contribution in [0.15, 0.2) is 52.2 Å². The number of nitrogens with zero attached hydrogens (tertiary/aromatic N) is 2. The van der Waals surface area contributed by atoms with E-state index in [1.165, 1.54) is 11.1 Å². The van der Waals surface area contributed by atoms with Gasteiger partial charge in [0.25, 0.3) is 0 Å². The number of aromatic nitrogens is 1. The van der Waals surface area contributed by atoms with Crippen LogP contribution in [0.1, 0.15) is 37.4 Å². The van der Waals surface area contributed by atoms with Gasteiger partial charge in [0, 0.05) is 25.7 Å². The normalized spacial score (nSPS) is 15.0. The number of sulfonamides is 1. The topological polar surface area (TPSA) is 71.4 Å². The van der Waals surface area contributed by atoms with Crippen molar-refractivity contribution in [3.63, 3.8) is 0 Å². The predicted molar refractivity (Wildman–Crippen MR) is 122 cm³/mol. The Bertz CT molecular complexity index is 1210. The van der Waals surface area contributed by atoms with Gasteiger partial charge in [-0.25, -0.2) is 13.1 Å². The summed E-state index contributed by atoms with van der Waals surface area (Å²) in [4.78, 5) is 14.7. The van der Waals surface area contributed by atoms with Crippen LogP contribution in [0.4, 0.5) is 0 Å². The van der Waals surface area contributed by atoms with E-state index in [1.54, 1.807) is 22.8 Å². The van der Waals surface area contributed by atoms with Crippen molar-refractivity contribution in [2.45, 2.75) is 44.2 Å². The molecule has 0 saturated heterocycles. The van der Waals surface area contributed by atoms with Gasteiger partial charge in [0.05, 0.1) is 15.1 Å². The van der Waals surface area contributed by atoms with Gasteiger partial charge >= 0.3 is 4.87 Å². The number of nitrogens with one attached hydrogen (secondary N) is 1. The van der Waals surface area contributed by atoms with Gasteiger partial charge in [-0.05, 0) is 62.6 Å². The smallest absolute Gasteiger partial charge is 0.299 e. The van der Waals surface area contributed by atoms with Gasteiger partial charge in [-0.1, -0.05) is 35.6 Å². The van der Waals surface area contributed by atoms with E-state index in [4.69, 9.17) is 0 Å². The minimum atomic E-state index is -3.60. The summed E-state index contributed by atoms with van der Waals surface area (Å²) < 4.78 is 30.5. The number of benzene rings is 2. The Labute approximate surface area is 181 Å². The van der Waals surface area contributed by atoms with Crippen LogP contribution in [0.25, 0.3) is 10.2 Å². The van der Waals surface area contributed by atoms with Crippen LogP contribution in [-0.2, 0) is 23.0 Å². The van der Waals surface area contributed by atoms with Crippen LogP contribution in [0.2, 0.25) is 0 Å². The minimum absolute atomic E-state index is 0.0357. The van der Waals surface area contributed by atoms with E-state index < -0.39 is 10.0 Å². The summed E-state index contributed by atoms with van der Waals surface area (Å²) in [6.45, 7) is 7.06. The molecule has 1 aliphatic heterocycles. The third kappa shape index (κ3) is 4.37. The Morgan fingerprint density at radius 2 is 1.90 bits per heavy atom. The number of rotatable bonds is 7. The molecule has 0 radical (unpaired) electrons. The van der Waals surface area contributed by atoms with E-state index in [9.17, 15) is 13.2 Å². The van der Waals surface area contributed by atoms with Gasteiger partial charge in [-0.2, -0.15) is 0 Å². The summed E-state index contributed by atoms with van der Waals surface area (Å²) in [6, 6.07) is 13.4. The summed E-state index contributed by atoms with van der Waals surface area (Å²) in [7, 11) is -3.60. The van der Waals surface area contributed by atoms with Crippen LogP contribution < -0.4 is 9.60 Å². The van der Waals surface area contributed by atoms with Crippen LogP contribution in [0, 0.1) is 0 Å². The maximum absolute atomic E-state index is 12.7. The number of fused-ring (bicyclic) bond motifs is 2. The lowest BCUT2D eigenvalue weighted by atomic mass is 10.00. The zero-order chi connectivity index (χ0) is 21.3. The van der Waals surface area contributed by atoms with Gasteiger partial charge < -0.3 is 0 Å². The van der Waals surface area contributed by atoms with Crippen molar-refractivity contribution in [3.05, 3.63) is 63.3 Å². The molecule has 1 aliphatic rings. The minimum Gasteiger partial charge on any atom is -0.299 e. The second-order valence-electron chi connectivity index (χ2n) is 8.01. The van der Waals surface area contributed by atoms with E-state index in [-0.39, 0.29) is 15.8 Å². The highest BCUT2D eigenvalue weighted by Crippen LogP contribution is 2.24. The fourth-order valence-corrected chi connectivity index (χ4v) is 6.24. The predicted octanol–water partition coefficient (Wildman–Crippen LogP) is 3.37. The number of thiazole rings is 1. The molecule has 0 atom stereocenters. The first-order valence-electron chi connectivity index (χ1n) is 10.3. The zero-order valence-corrected chi connectivity index (χ0v) is 18.9. The summed E-state index contributed by atoms with van der Waals surface area (Å²) in [5.41, 5.74) is 3.56. The molecule has 2 aromatic carbocycles. The highest BCUT2D eigenvalue weighted by atomic mass is 32.2. The van der Waals surface area contributed by atoms with Crippen LogP contribution in [0.5, 0.6) is 0 Å². The molecule has 3 aromatic rings. The van der Waals surface area contributed by atoms with Crippen LogP contribution in [0.3, 0.4) is 0 Å². The Morgan fingerprint density at radius 3 is 2.67 bits per heavy atom. The van der Waals surface area contributed by atoms with E-state index in [0.717, 1.165) is 49.3 Å². The molecular formula is C22H27N3O3S2. The summed E-state index contributed by atoms with van der Waals surface area (Å²) >= 11 is 1.09. The first-order valence-corrected chi connectivity index (χ1v) is 12.6. The lowest BCUT2D eigenvalue weighted by molar-refractivity contribution is 0.251. The van der Waals surface area contributed by atoms with Crippen molar-refractivity contribution >= 4 is 31.6 Å². The Morgan fingerprint density at radius 1 is 1.13 bits per heavy atom. The van der Waals surface area contributed by atoms with Crippen molar-refractivity contribution in [1.29, 1.82) is 0 Å². The average molecular weight is 446 g/mol. The third-order valence-corrected chi connectivity index (χ3v) is 7.94. The molecule has 4 rings (SSSR count). The summed E-state index contributed by atoms with van der Waals surface area (Å²) in [5, 5.41) is 0. The maximum Gasteiger partial charge on any atom is 0.308 e. The molecule has 1 aromatic heterocycles. The first-order chi connectivity index (χ1) is 14.3. The van der Waals surface area contributed by atoms with Gasteiger partial charge in [0.1, 0.15) is 0 Å². The van der Waals surface area contributed by atoms with E-state index in [1.807, 2.05) is 13.8 Å². The molecule has 160 valence electrons. The first kappa shape index (κ1) is 21.2. The van der Waals surface area contributed by atoms with Gasteiger partial charge in [-0.15, -0.1) is 0 Å². The third-order valence-electron chi connectivity index (χ3n) is 5.56. The van der Waals surface area contributed by atoms with Gasteiger partial charge in [0.2, 0.25) is 10.0 Å². The Hall–Kier alpha value is -2.00. The molecule has 0 fully saturated rings. The molecule has 2 heterocycles. The number of hydrogen-bond donors (Lipinski definition) is 1. The van der Waals surface area contributed by atoms with Crippen LogP contribution >= 0.6 is 11.3 Å². The van der Waals surface area contributed by atoms with Crippen molar-refractivity contribution in [1.82, 2.24) is 14.2 Å². The molecular weight excluding hydrogens is 418 g/mol. The zero-order valence-electron chi connectivity index (χ0n) is 17.3. The lowest BCUT2D eigenvalue weighted by Crippen LogP contribution is -2.33. The molecule has 1 N–H and O–H groups in total. The maximum atomic E-state index is 12.7. The number of hydrogen-bond acceptors (Lipinski definition) is 5. The van der Waals surface area contributed by atoms with E-state index in [0.29, 0.717) is 11.2 Å². The standard InChI is InChI=1S/C22H27N3O3S2/c1-16(2)25-20-9-8-19(14-21(20)29-22(25)26)30(27,28)23-11-5-12-24-13-10-17-6-3-4-7-18(17)15-24/h3-4,6-9,14,16,23H,5,10-13,15H2,1-2H3. The summed E-state index contributed by atoms with van der Waals surface area (Å²) in [6.07, 6.45) is 1.79. The summed E-state index contributed by atoms with van der Waals surface area (Å²) in [5.74, 6) is 0. The molecule has 30 heavy (non-hydrogen) atoms. The monoisotopic (exact) mass is 445 g/mol. The quantitative estimate of drug-likeness (QED) is 0.566. The molecule has 0 saturated carbocycles.